The first-order valence-electron chi connectivity index (χ1n) is 9.28. The van der Waals surface area contributed by atoms with Crippen LogP contribution in [0.5, 0.6) is 11.5 Å². The summed E-state index contributed by atoms with van der Waals surface area (Å²) in [4.78, 5) is 13.3. The lowest BCUT2D eigenvalue weighted by Crippen LogP contribution is -2.29. The number of nitrogens with one attached hydrogen (secondary N) is 1. The van der Waals surface area contributed by atoms with Crippen molar-refractivity contribution in [1.82, 2.24) is 15.0 Å². The first-order chi connectivity index (χ1) is 15.0. The van der Waals surface area contributed by atoms with E-state index in [0.717, 1.165) is 5.56 Å². The van der Waals surface area contributed by atoms with E-state index in [1.165, 1.54) is 12.1 Å². The van der Waals surface area contributed by atoms with Crippen LogP contribution in [-0.4, -0.2) is 39.9 Å². The molecule has 31 heavy (non-hydrogen) atoms. The summed E-state index contributed by atoms with van der Waals surface area (Å²) in [6, 6.07) is 15.0. The number of hydrogen-bond acceptors (Lipinski definition) is 7. The Hall–Kier alpha value is -3.85. The number of aromatic nitrogens is 3. The Labute approximate surface area is 176 Å². The third kappa shape index (κ3) is 4.67. The molecule has 0 bridgehead atoms. The zero-order valence-electron chi connectivity index (χ0n) is 16.4. The topological polar surface area (TPSA) is 89.4 Å². The molecule has 0 amide bonds. The van der Waals surface area contributed by atoms with Crippen molar-refractivity contribution in [3.63, 3.8) is 0 Å². The number of methoxy groups -OCH3 is 1. The summed E-state index contributed by atoms with van der Waals surface area (Å²) in [5.41, 5.74) is 1.85. The predicted octanol–water partition coefficient (Wildman–Crippen LogP) is 4.41. The first-order valence-corrected chi connectivity index (χ1v) is 9.28. The average molecular weight is 424 g/mol. The van der Waals surface area contributed by atoms with Crippen molar-refractivity contribution in [2.75, 3.05) is 19.0 Å². The molecule has 2 aromatic heterocycles. The minimum absolute atomic E-state index is 0.104. The normalized spacial score (nSPS) is 11.4. The number of pyridine rings is 1. The van der Waals surface area contributed by atoms with Gasteiger partial charge in [0.1, 0.15) is 23.9 Å². The molecule has 0 aliphatic heterocycles. The van der Waals surface area contributed by atoms with Gasteiger partial charge in [-0.2, -0.15) is 8.78 Å². The number of aliphatic hydroxyl groups excluding tert-OH is 1. The molecule has 0 aliphatic carbocycles. The predicted molar refractivity (Wildman–Crippen MR) is 112 cm³/mol. The Morgan fingerprint density at radius 3 is 2.65 bits per heavy atom. The van der Waals surface area contributed by atoms with Gasteiger partial charge >= 0.3 is 6.11 Å². The van der Waals surface area contributed by atoms with Gasteiger partial charge in [-0.1, -0.05) is 6.07 Å². The lowest BCUT2D eigenvalue weighted by molar-refractivity contribution is -0.200. The molecular formula is C22H18F2N4O3. The highest BCUT2D eigenvalue weighted by Gasteiger charge is 2.30. The summed E-state index contributed by atoms with van der Waals surface area (Å²) in [6.07, 6.45) is -0.372. The van der Waals surface area contributed by atoms with Gasteiger partial charge in [-0.05, 0) is 42.5 Å². The minimum atomic E-state index is -3.68. The summed E-state index contributed by atoms with van der Waals surface area (Å²) in [5, 5.41) is 12.6. The second kappa shape index (κ2) is 8.49. The summed E-state index contributed by atoms with van der Waals surface area (Å²) < 4.78 is 36.7. The minimum Gasteiger partial charge on any atom is -0.497 e. The average Bonchev–Trinajstić information content (AvgIpc) is 2.79. The maximum Gasteiger partial charge on any atom is 0.421 e. The van der Waals surface area contributed by atoms with Crippen molar-refractivity contribution in [2.24, 2.45) is 0 Å². The van der Waals surface area contributed by atoms with Crippen molar-refractivity contribution < 1.29 is 23.4 Å². The van der Waals surface area contributed by atoms with Crippen LogP contribution in [0.15, 0.2) is 67.0 Å². The summed E-state index contributed by atoms with van der Waals surface area (Å²) >= 11 is 0. The third-order valence-corrected chi connectivity index (χ3v) is 4.37. The smallest absolute Gasteiger partial charge is 0.421 e. The fourth-order valence-electron chi connectivity index (χ4n) is 2.93. The Morgan fingerprint density at radius 2 is 1.90 bits per heavy atom. The Kier molecular flexibility index (Phi) is 5.59. The molecule has 0 unspecified atom stereocenters. The van der Waals surface area contributed by atoms with Gasteiger partial charge in [0.25, 0.3) is 0 Å². The number of hydrogen-bond donors (Lipinski definition) is 2. The number of rotatable bonds is 7. The van der Waals surface area contributed by atoms with E-state index in [4.69, 9.17) is 9.84 Å². The standard InChI is InChI=1S/C22H18F2N4O3/c1-30-16-7-8-19-18(11-16)21(28-20(27-19)14-4-3-9-25-12-14)26-15-5-2-6-17(10-15)31-22(23,24)13-29/h2-12,29H,13H2,1H3,(H,26,27,28). The van der Waals surface area contributed by atoms with Crippen LogP contribution in [0.25, 0.3) is 22.3 Å². The number of benzene rings is 2. The van der Waals surface area contributed by atoms with Crippen LogP contribution in [0.2, 0.25) is 0 Å². The molecule has 4 aromatic rings. The van der Waals surface area contributed by atoms with Gasteiger partial charge in [0, 0.05) is 35.1 Å². The molecule has 158 valence electrons. The van der Waals surface area contributed by atoms with E-state index in [1.807, 2.05) is 12.1 Å². The summed E-state index contributed by atoms with van der Waals surface area (Å²) in [5.74, 6) is 1.42. The van der Waals surface area contributed by atoms with Gasteiger partial charge in [-0.3, -0.25) is 4.98 Å². The van der Waals surface area contributed by atoms with Gasteiger partial charge in [0.15, 0.2) is 5.82 Å². The van der Waals surface area contributed by atoms with Crippen LogP contribution in [0, 0.1) is 0 Å². The van der Waals surface area contributed by atoms with Crippen molar-refractivity contribution in [3.8, 4) is 22.9 Å². The molecule has 0 fully saturated rings. The highest BCUT2D eigenvalue weighted by atomic mass is 19.3. The summed E-state index contributed by atoms with van der Waals surface area (Å²) in [6.45, 7) is -1.42. The number of halogens is 2. The zero-order valence-corrected chi connectivity index (χ0v) is 16.4. The fourth-order valence-corrected chi connectivity index (χ4v) is 2.93. The highest BCUT2D eigenvalue weighted by Crippen LogP contribution is 2.31. The zero-order chi connectivity index (χ0) is 21.8. The van der Waals surface area contributed by atoms with E-state index in [-0.39, 0.29) is 5.75 Å². The molecule has 2 N–H and O–H groups in total. The molecule has 0 aliphatic rings. The number of aliphatic hydroxyl groups is 1. The van der Waals surface area contributed by atoms with E-state index in [0.29, 0.717) is 34.0 Å². The quantitative estimate of drug-likeness (QED) is 0.454. The number of alkyl halides is 2. The van der Waals surface area contributed by atoms with Crippen molar-refractivity contribution >= 4 is 22.4 Å². The molecule has 2 heterocycles. The van der Waals surface area contributed by atoms with E-state index in [2.05, 4.69) is 25.0 Å². The molecule has 0 saturated carbocycles. The van der Waals surface area contributed by atoms with Crippen LogP contribution in [-0.2, 0) is 0 Å². The van der Waals surface area contributed by atoms with Gasteiger partial charge < -0.3 is 19.9 Å². The van der Waals surface area contributed by atoms with E-state index >= 15 is 0 Å². The SMILES string of the molecule is COc1ccc2nc(-c3cccnc3)nc(Nc3cccc(OC(F)(F)CO)c3)c2c1. The second-order valence-corrected chi connectivity index (χ2v) is 6.57. The number of fused-ring (bicyclic) bond motifs is 1. The van der Waals surface area contributed by atoms with Crippen LogP contribution in [0.3, 0.4) is 0 Å². The van der Waals surface area contributed by atoms with E-state index in [9.17, 15) is 8.78 Å². The third-order valence-electron chi connectivity index (χ3n) is 4.37. The van der Waals surface area contributed by atoms with Gasteiger partial charge in [-0.15, -0.1) is 0 Å². The molecule has 0 radical (unpaired) electrons. The first kappa shape index (κ1) is 20.4. The number of ether oxygens (including phenoxy) is 2. The fraction of sp³-hybridized carbons (Fsp3) is 0.136. The second-order valence-electron chi connectivity index (χ2n) is 6.57. The molecule has 2 aromatic carbocycles. The molecule has 0 saturated heterocycles. The van der Waals surface area contributed by atoms with Crippen molar-refractivity contribution in [3.05, 3.63) is 67.0 Å². The van der Waals surface area contributed by atoms with Crippen LogP contribution in [0.4, 0.5) is 20.3 Å². The van der Waals surface area contributed by atoms with Gasteiger partial charge in [-0.25, -0.2) is 9.97 Å². The monoisotopic (exact) mass is 424 g/mol. The molecule has 7 nitrogen and oxygen atoms in total. The maximum absolute atomic E-state index is 13.4. The van der Waals surface area contributed by atoms with Crippen molar-refractivity contribution in [2.45, 2.75) is 6.11 Å². The lowest BCUT2D eigenvalue weighted by atomic mass is 10.2. The Morgan fingerprint density at radius 1 is 1.03 bits per heavy atom. The van der Waals surface area contributed by atoms with Crippen molar-refractivity contribution in [1.29, 1.82) is 0 Å². The van der Waals surface area contributed by atoms with Crippen LogP contribution >= 0.6 is 0 Å². The number of nitrogens with zero attached hydrogens (tertiary/aromatic N) is 3. The Balaban J connectivity index is 1.77. The molecule has 0 atom stereocenters. The highest BCUT2D eigenvalue weighted by molar-refractivity contribution is 5.93. The molecule has 9 heteroatoms. The van der Waals surface area contributed by atoms with Crippen LogP contribution < -0.4 is 14.8 Å². The Bertz CT molecular complexity index is 1210. The van der Waals surface area contributed by atoms with Gasteiger partial charge in [0.05, 0.1) is 12.6 Å². The molecule has 0 spiro atoms. The molecule has 4 rings (SSSR count). The maximum atomic E-state index is 13.4. The largest absolute Gasteiger partial charge is 0.497 e. The van der Waals surface area contributed by atoms with E-state index in [1.54, 1.807) is 49.8 Å². The number of anilines is 2. The van der Waals surface area contributed by atoms with Gasteiger partial charge in [0.2, 0.25) is 0 Å². The lowest BCUT2D eigenvalue weighted by Gasteiger charge is -2.16. The van der Waals surface area contributed by atoms with E-state index < -0.39 is 12.7 Å². The summed E-state index contributed by atoms with van der Waals surface area (Å²) in [7, 11) is 1.56. The molecular weight excluding hydrogens is 406 g/mol. The van der Waals surface area contributed by atoms with Crippen LogP contribution in [0.1, 0.15) is 0 Å².